The maximum Gasteiger partial charge on any atom is 0.196 e. The molecule has 0 saturated carbocycles. The van der Waals surface area contributed by atoms with Crippen molar-refractivity contribution in [2.24, 2.45) is 0 Å². The second-order valence-corrected chi connectivity index (χ2v) is 7.52. The molecule has 0 aliphatic carbocycles. The minimum atomic E-state index is 0.218. The lowest BCUT2D eigenvalue weighted by molar-refractivity contribution is 0.669. The van der Waals surface area contributed by atoms with Gasteiger partial charge < -0.3 is 4.90 Å². The van der Waals surface area contributed by atoms with Crippen molar-refractivity contribution in [2.75, 3.05) is 11.4 Å². The van der Waals surface area contributed by atoms with E-state index in [2.05, 4.69) is 62.8 Å². The number of thiazole rings is 1. The normalized spacial score (nSPS) is 17.3. The number of tetrazole rings is 1. The molecule has 2 aromatic heterocycles. The number of aromatic amines is 1. The Kier molecular flexibility index (Phi) is 4.74. The van der Waals surface area contributed by atoms with E-state index in [0.717, 1.165) is 50.2 Å². The average Bonchev–Trinajstić information content (AvgIpc) is 3.35. The van der Waals surface area contributed by atoms with E-state index >= 15 is 0 Å². The first-order chi connectivity index (χ1) is 12.3. The standard InChI is InChI=1S/C18H22N6S/c1-13-18(24-12-6-10-15(24)17-20-22-23-21-17)25-16(19-13)11-5-9-14-7-3-2-4-8-14/h2-4,7-8,15H,5-6,9-12H2,1H3,(H,20,21,22,23). The van der Waals surface area contributed by atoms with E-state index in [9.17, 15) is 0 Å². The minimum Gasteiger partial charge on any atom is -0.351 e. The summed E-state index contributed by atoms with van der Waals surface area (Å²) < 4.78 is 0. The Morgan fingerprint density at radius 1 is 1.24 bits per heavy atom. The fourth-order valence-corrected chi connectivity index (χ4v) is 4.68. The summed E-state index contributed by atoms with van der Waals surface area (Å²) in [6.45, 7) is 3.14. The van der Waals surface area contributed by atoms with Crippen molar-refractivity contribution in [3.63, 3.8) is 0 Å². The number of aromatic nitrogens is 5. The number of nitrogens with one attached hydrogen (secondary N) is 1. The van der Waals surface area contributed by atoms with E-state index in [1.807, 2.05) is 11.3 Å². The summed E-state index contributed by atoms with van der Waals surface area (Å²) in [7, 11) is 0. The molecule has 130 valence electrons. The van der Waals surface area contributed by atoms with E-state index in [1.165, 1.54) is 15.6 Å². The molecule has 0 bridgehead atoms. The highest BCUT2D eigenvalue weighted by molar-refractivity contribution is 7.15. The van der Waals surface area contributed by atoms with Crippen molar-refractivity contribution in [1.29, 1.82) is 0 Å². The predicted molar refractivity (Wildman–Crippen MR) is 98.8 cm³/mol. The molecule has 1 aromatic carbocycles. The van der Waals surface area contributed by atoms with Crippen molar-refractivity contribution in [1.82, 2.24) is 25.6 Å². The maximum absolute atomic E-state index is 4.81. The first-order valence-corrected chi connectivity index (χ1v) is 9.63. The molecular formula is C18H22N6S. The Balaban J connectivity index is 1.43. The fraction of sp³-hybridized carbons (Fsp3) is 0.444. The molecule has 1 unspecified atom stereocenters. The van der Waals surface area contributed by atoms with Crippen LogP contribution in [0.25, 0.3) is 0 Å². The van der Waals surface area contributed by atoms with Crippen LogP contribution in [0, 0.1) is 6.92 Å². The monoisotopic (exact) mass is 354 g/mol. The summed E-state index contributed by atoms with van der Waals surface area (Å²) in [4.78, 5) is 7.22. The zero-order valence-corrected chi connectivity index (χ0v) is 15.2. The van der Waals surface area contributed by atoms with Crippen LogP contribution in [0.4, 0.5) is 5.00 Å². The van der Waals surface area contributed by atoms with Gasteiger partial charge in [0.2, 0.25) is 0 Å². The fourth-order valence-electron chi connectivity index (χ4n) is 3.49. The van der Waals surface area contributed by atoms with Crippen LogP contribution in [-0.4, -0.2) is 32.2 Å². The first-order valence-electron chi connectivity index (χ1n) is 8.81. The summed E-state index contributed by atoms with van der Waals surface area (Å²) in [5.41, 5.74) is 2.52. The molecule has 1 aliphatic heterocycles. The smallest absolute Gasteiger partial charge is 0.196 e. The van der Waals surface area contributed by atoms with Crippen molar-refractivity contribution in [3.05, 3.63) is 52.4 Å². The number of hydrogen-bond acceptors (Lipinski definition) is 6. The number of nitrogens with zero attached hydrogens (tertiary/aromatic N) is 5. The molecule has 3 aromatic rings. The molecular weight excluding hydrogens is 332 g/mol. The predicted octanol–water partition coefficient (Wildman–Crippen LogP) is 3.48. The Bertz CT molecular complexity index is 798. The zero-order valence-electron chi connectivity index (χ0n) is 14.4. The second kappa shape index (κ2) is 7.31. The summed E-state index contributed by atoms with van der Waals surface area (Å²) in [5.74, 6) is 0.788. The molecule has 25 heavy (non-hydrogen) atoms. The van der Waals surface area contributed by atoms with Crippen molar-refractivity contribution in [2.45, 2.75) is 45.1 Å². The number of aryl methyl sites for hydroxylation is 3. The van der Waals surface area contributed by atoms with E-state index in [0.29, 0.717) is 0 Å². The molecule has 6 nitrogen and oxygen atoms in total. The summed E-state index contributed by atoms with van der Waals surface area (Å²) >= 11 is 1.82. The summed E-state index contributed by atoms with van der Waals surface area (Å²) in [5, 5.41) is 17.2. The molecule has 3 heterocycles. The van der Waals surface area contributed by atoms with Gasteiger partial charge in [-0.2, -0.15) is 5.21 Å². The number of rotatable bonds is 6. The molecule has 1 atom stereocenters. The molecule has 0 spiro atoms. The van der Waals surface area contributed by atoms with Gasteiger partial charge in [0.05, 0.1) is 16.7 Å². The summed E-state index contributed by atoms with van der Waals surface area (Å²) in [6, 6.07) is 10.9. The van der Waals surface area contributed by atoms with E-state index in [1.54, 1.807) is 0 Å². The third-order valence-corrected chi connectivity index (χ3v) is 5.94. The van der Waals surface area contributed by atoms with Crippen LogP contribution in [0.5, 0.6) is 0 Å². The zero-order chi connectivity index (χ0) is 17.1. The molecule has 1 fully saturated rings. The topological polar surface area (TPSA) is 70.6 Å². The Labute approximate surface area is 151 Å². The molecule has 1 N–H and O–H groups in total. The van der Waals surface area contributed by atoms with Crippen LogP contribution in [0.2, 0.25) is 0 Å². The van der Waals surface area contributed by atoms with E-state index in [4.69, 9.17) is 4.98 Å². The van der Waals surface area contributed by atoms with Gasteiger partial charge in [0.1, 0.15) is 5.00 Å². The van der Waals surface area contributed by atoms with E-state index in [-0.39, 0.29) is 6.04 Å². The van der Waals surface area contributed by atoms with Gasteiger partial charge in [-0.05, 0) is 44.6 Å². The van der Waals surface area contributed by atoms with Crippen LogP contribution >= 0.6 is 11.3 Å². The number of benzene rings is 1. The van der Waals surface area contributed by atoms with E-state index < -0.39 is 0 Å². The van der Waals surface area contributed by atoms with Crippen molar-refractivity contribution in [3.8, 4) is 0 Å². The number of hydrogen-bond donors (Lipinski definition) is 1. The molecule has 1 saturated heterocycles. The van der Waals surface area contributed by atoms with Gasteiger partial charge in [-0.1, -0.05) is 35.5 Å². The molecule has 7 heteroatoms. The van der Waals surface area contributed by atoms with Gasteiger partial charge in [0, 0.05) is 6.54 Å². The largest absolute Gasteiger partial charge is 0.351 e. The SMILES string of the molecule is Cc1nc(CCCc2ccccc2)sc1N1CCCC1c1nn[nH]n1. The first kappa shape index (κ1) is 16.2. The van der Waals surface area contributed by atoms with Gasteiger partial charge in [-0.15, -0.1) is 21.5 Å². The van der Waals surface area contributed by atoms with Crippen molar-refractivity contribution >= 4 is 16.3 Å². The van der Waals surface area contributed by atoms with Crippen LogP contribution in [0.1, 0.15) is 47.4 Å². The highest BCUT2D eigenvalue weighted by atomic mass is 32.1. The molecule has 1 aliphatic rings. The van der Waals surface area contributed by atoms with Crippen LogP contribution in [0.15, 0.2) is 30.3 Å². The number of H-pyrrole nitrogens is 1. The summed E-state index contributed by atoms with van der Waals surface area (Å²) in [6.07, 6.45) is 5.48. The Morgan fingerprint density at radius 2 is 2.12 bits per heavy atom. The van der Waals surface area contributed by atoms with Gasteiger partial charge in [-0.3, -0.25) is 0 Å². The third kappa shape index (κ3) is 3.56. The van der Waals surface area contributed by atoms with Gasteiger partial charge >= 0.3 is 0 Å². The van der Waals surface area contributed by atoms with Gasteiger partial charge in [0.15, 0.2) is 5.82 Å². The lowest BCUT2D eigenvalue weighted by Gasteiger charge is -2.22. The minimum absolute atomic E-state index is 0.218. The molecule has 0 radical (unpaired) electrons. The quantitative estimate of drug-likeness (QED) is 0.734. The second-order valence-electron chi connectivity index (χ2n) is 6.46. The highest BCUT2D eigenvalue weighted by Gasteiger charge is 2.31. The molecule has 4 rings (SSSR count). The molecule has 0 amide bonds. The van der Waals surface area contributed by atoms with Gasteiger partial charge in [0.25, 0.3) is 0 Å². The lowest BCUT2D eigenvalue weighted by Crippen LogP contribution is -2.23. The highest BCUT2D eigenvalue weighted by Crippen LogP contribution is 2.39. The third-order valence-electron chi connectivity index (χ3n) is 4.69. The Morgan fingerprint density at radius 3 is 2.92 bits per heavy atom. The number of anilines is 1. The lowest BCUT2D eigenvalue weighted by atomic mass is 10.1. The van der Waals surface area contributed by atoms with Crippen LogP contribution < -0.4 is 4.90 Å². The Hall–Kier alpha value is -2.28. The average molecular weight is 354 g/mol. The van der Waals surface area contributed by atoms with Crippen LogP contribution in [0.3, 0.4) is 0 Å². The van der Waals surface area contributed by atoms with Gasteiger partial charge in [-0.25, -0.2) is 4.98 Å². The van der Waals surface area contributed by atoms with Crippen LogP contribution in [-0.2, 0) is 12.8 Å². The van der Waals surface area contributed by atoms with Crippen molar-refractivity contribution < 1.29 is 0 Å². The maximum atomic E-state index is 4.81.